The van der Waals surface area contributed by atoms with Crippen LogP contribution in [-0.4, -0.2) is 31.2 Å². The van der Waals surface area contributed by atoms with Crippen molar-refractivity contribution in [2.75, 3.05) is 14.2 Å². The molecule has 0 saturated heterocycles. The molecule has 2 rings (SSSR count). The first kappa shape index (κ1) is 19.6. The maximum atomic E-state index is 12.3. The molecule has 0 aromatic heterocycles. The number of nitrogens with one attached hydrogen (secondary N) is 1. The van der Waals surface area contributed by atoms with E-state index in [1.807, 2.05) is 0 Å². The molecule has 0 radical (unpaired) electrons. The summed E-state index contributed by atoms with van der Waals surface area (Å²) in [6.07, 6.45) is 1.30. The lowest BCUT2D eigenvalue weighted by Crippen LogP contribution is -2.27. The van der Waals surface area contributed by atoms with Crippen LogP contribution in [0.5, 0.6) is 11.5 Å². The van der Waals surface area contributed by atoms with E-state index in [1.54, 1.807) is 18.2 Å². The second-order valence-corrected chi connectivity index (χ2v) is 5.90. The SMILES string of the molecule is COc1ccc(/C=C(/NC(=O)c2ccc(Cl)cc2Cl)C(=O)O)cc1OC. The second-order valence-electron chi connectivity index (χ2n) is 5.06. The standard InChI is InChI=1S/C18H15Cl2NO5/c1-25-15-6-3-10(8-16(15)26-2)7-14(18(23)24)21-17(22)12-5-4-11(19)9-13(12)20/h3-9H,1-2H3,(H,21,22)(H,23,24)/b14-7+. The number of ether oxygens (including phenoxy) is 2. The Morgan fingerprint density at radius 1 is 1.04 bits per heavy atom. The predicted octanol–water partition coefficient (Wildman–Crippen LogP) is 3.87. The van der Waals surface area contributed by atoms with Gasteiger partial charge in [0, 0.05) is 5.02 Å². The molecule has 0 unspecified atom stereocenters. The van der Waals surface area contributed by atoms with Crippen molar-refractivity contribution in [3.05, 3.63) is 63.3 Å². The lowest BCUT2D eigenvalue weighted by atomic mass is 10.1. The fourth-order valence-electron chi connectivity index (χ4n) is 2.12. The number of hydrogen-bond donors (Lipinski definition) is 2. The van der Waals surface area contributed by atoms with Gasteiger partial charge in [-0.2, -0.15) is 0 Å². The molecular formula is C18H15Cl2NO5. The van der Waals surface area contributed by atoms with Gasteiger partial charge in [-0.3, -0.25) is 4.79 Å². The zero-order chi connectivity index (χ0) is 19.3. The van der Waals surface area contributed by atoms with Crippen LogP contribution in [0.25, 0.3) is 6.08 Å². The maximum absolute atomic E-state index is 12.3. The van der Waals surface area contributed by atoms with Gasteiger partial charge in [0.15, 0.2) is 11.5 Å². The number of carboxylic acid groups (broad SMARTS) is 1. The molecule has 2 aromatic carbocycles. The highest BCUT2D eigenvalue weighted by atomic mass is 35.5. The van der Waals surface area contributed by atoms with Gasteiger partial charge < -0.3 is 19.9 Å². The first-order chi connectivity index (χ1) is 12.3. The average Bonchev–Trinajstić information content (AvgIpc) is 2.60. The van der Waals surface area contributed by atoms with Gasteiger partial charge in [-0.15, -0.1) is 0 Å². The molecule has 2 N–H and O–H groups in total. The van der Waals surface area contributed by atoms with Gasteiger partial charge >= 0.3 is 5.97 Å². The Hall–Kier alpha value is -2.70. The topological polar surface area (TPSA) is 84.9 Å². The Bertz CT molecular complexity index is 880. The van der Waals surface area contributed by atoms with E-state index < -0.39 is 11.9 Å². The normalized spacial score (nSPS) is 11.0. The summed E-state index contributed by atoms with van der Waals surface area (Å²) in [5.41, 5.74) is 0.284. The van der Waals surface area contributed by atoms with E-state index in [-0.39, 0.29) is 16.3 Å². The van der Waals surface area contributed by atoms with Crippen LogP contribution in [-0.2, 0) is 4.79 Å². The Morgan fingerprint density at radius 3 is 2.31 bits per heavy atom. The van der Waals surface area contributed by atoms with Crippen molar-refractivity contribution in [2.24, 2.45) is 0 Å². The molecule has 2 aromatic rings. The number of halogens is 2. The van der Waals surface area contributed by atoms with Crippen LogP contribution in [0.15, 0.2) is 42.1 Å². The van der Waals surface area contributed by atoms with Crippen molar-refractivity contribution in [3.63, 3.8) is 0 Å². The number of carbonyl (C=O) groups is 2. The summed E-state index contributed by atoms with van der Waals surface area (Å²) in [6.45, 7) is 0. The quantitative estimate of drug-likeness (QED) is 0.725. The van der Waals surface area contributed by atoms with Crippen molar-refractivity contribution >= 4 is 41.2 Å². The molecular weight excluding hydrogens is 381 g/mol. The van der Waals surface area contributed by atoms with Crippen LogP contribution in [0.1, 0.15) is 15.9 Å². The van der Waals surface area contributed by atoms with Crippen molar-refractivity contribution < 1.29 is 24.2 Å². The van der Waals surface area contributed by atoms with Gasteiger partial charge in [-0.25, -0.2) is 4.79 Å². The number of rotatable bonds is 6. The smallest absolute Gasteiger partial charge is 0.352 e. The molecule has 0 atom stereocenters. The van der Waals surface area contributed by atoms with E-state index in [9.17, 15) is 14.7 Å². The third-order valence-electron chi connectivity index (χ3n) is 3.37. The summed E-state index contributed by atoms with van der Waals surface area (Å²) < 4.78 is 10.3. The zero-order valence-electron chi connectivity index (χ0n) is 13.9. The summed E-state index contributed by atoms with van der Waals surface area (Å²) in [5.74, 6) is -1.05. The number of carboxylic acids is 1. The number of carbonyl (C=O) groups excluding carboxylic acids is 1. The van der Waals surface area contributed by atoms with E-state index in [0.29, 0.717) is 22.1 Å². The highest BCUT2D eigenvalue weighted by molar-refractivity contribution is 6.36. The minimum atomic E-state index is -1.31. The van der Waals surface area contributed by atoms with Crippen molar-refractivity contribution in [1.29, 1.82) is 0 Å². The van der Waals surface area contributed by atoms with Crippen LogP contribution in [0, 0.1) is 0 Å². The first-order valence-corrected chi connectivity index (χ1v) is 8.04. The third-order valence-corrected chi connectivity index (χ3v) is 3.92. The van der Waals surface area contributed by atoms with Crippen LogP contribution >= 0.6 is 23.2 Å². The van der Waals surface area contributed by atoms with E-state index in [0.717, 1.165) is 0 Å². The molecule has 0 aliphatic carbocycles. The van der Waals surface area contributed by atoms with Crippen molar-refractivity contribution in [3.8, 4) is 11.5 Å². The Balaban J connectivity index is 2.32. The minimum Gasteiger partial charge on any atom is -0.493 e. The fourth-order valence-corrected chi connectivity index (χ4v) is 2.62. The van der Waals surface area contributed by atoms with Crippen molar-refractivity contribution in [2.45, 2.75) is 0 Å². The number of benzene rings is 2. The summed E-state index contributed by atoms with van der Waals surface area (Å²) in [5, 5.41) is 12.2. The Kier molecular flexibility index (Phi) is 6.49. The van der Waals surface area contributed by atoms with Gasteiger partial charge in [-0.1, -0.05) is 29.3 Å². The molecule has 0 fully saturated rings. The van der Waals surface area contributed by atoms with Crippen LogP contribution < -0.4 is 14.8 Å². The highest BCUT2D eigenvalue weighted by Crippen LogP contribution is 2.28. The predicted molar refractivity (Wildman–Crippen MR) is 99.1 cm³/mol. The lowest BCUT2D eigenvalue weighted by molar-refractivity contribution is -0.132. The molecule has 0 heterocycles. The molecule has 6 nitrogen and oxygen atoms in total. The number of amides is 1. The molecule has 0 bridgehead atoms. The van der Waals surface area contributed by atoms with Crippen LogP contribution in [0.3, 0.4) is 0 Å². The molecule has 8 heteroatoms. The van der Waals surface area contributed by atoms with Gasteiger partial charge in [0.25, 0.3) is 5.91 Å². The Labute approximate surface area is 159 Å². The molecule has 0 spiro atoms. The lowest BCUT2D eigenvalue weighted by Gasteiger charge is -2.10. The Morgan fingerprint density at radius 2 is 1.73 bits per heavy atom. The molecule has 0 aliphatic heterocycles. The molecule has 26 heavy (non-hydrogen) atoms. The van der Waals surface area contributed by atoms with E-state index in [4.69, 9.17) is 32.7 Å². The van der Waals surface area contributed by atoms with E-state index in [1.165, 1.54) is 38.5 Å². The van der Waals surface area contributed by atoms with Crippen LogP contribution in [0.2, 0.25) is 10.0 Å². The fraction of sp³-hybridized carbons (Fsp3) is 0.111. The average molecular weight is 396 g/mol. The zero-order valence-corrected chi connectivity index (χ0v) is 15.4. The van der Waals surface area contributed by atoms with Gasteiger partial charge in [-0.05, 0) is 42.0 Å². The maximum Gasteiger partial charge on any atom is 0.352 e. The van der Waals surface area contributed by atoms with E-state index >= 15 is 0 Å². The van der Waals surface area contributed by atoms with Crippen LogP contribution in [0.4, 0.5) is 0 Å². The third kappa shape index (κ3) is 4.68. The molecule has 0 saturated carbocycles. The van der Waals surface area contributed by atoms with E-state index in [2.05, 4.69) is 5.32 Å². The second kappa shape index (κ2) is 8.60. The minimum absolute atomic E-state index is 0.107. The molecule has 1 amide bonds. The summed E-state index contributed by atoms with van der Waals surface area (Å²) in [7, 11) is 2.96. The summed E-state index contributed by atoms with van der Waals surface area (Å²) in [6, 6.07) is 9.14. The largest absolute Gasteiger partial charge is 0.493 e. The summed E-state index contributed by atoms with van der Waals surface area (Å²) in [4.78, 5) is 23.8. The van der Waals surface area contributed by atoms with Gasteiger partial charge in [0.05, 0.1) is 24.8 Å². The van der Waals surface area contributed by atoms with Crippen molar-refractivity contribution in [1.82, 2.24) is 5.32 Å². The monoisotopic (exact) mass is 395 g/mol. The summed E-state index contributed by atoms with van der Waals surface area (Å²) >= 11 is 11.8. The molecule has 0 aliphatic rings. The number of hydrogen-bond acceptors (Lipinski definition) is 4. The molecule has 136 valence electrons. The highest BCUT2D eigenvalue weighted by Gasteiger charge is 2.16. The number of methoxy groups -OCH3 is 2. The number of aliphatic carboxylic acids is 1. The van der Waals surface area contributed by atoms with Gasteiger partial charge in [0.2, 0.25) is 0 Å². The first-order valence-electron chi connectivity index (χ1n) is 7.29. The van der Waals surface area contributed by atoms with Gasteiger partial charge in [0.1, 0.15) is 5.70 Å².